The molecule has 19 atom stereocenters. The van der Waals surface area contributed by atoms with Gasteiger partial charge in [0.05, 0.1) is 12.2 Å². The Bertz CT molecular complexity index is 1540. The van der Waals surface area contributed by atoms with Crippen molar-refractivity contribution in [1.82, 2.24) is 0 Å². The molecule has 7 saturated carbocycles. The summed E-state index contributed by atoms with van der Waals surface area (Å²) in [7, 11) is 0. The summed E-state index contributed by atoms with van der Waals surface area (Å²) >= 11 is 0. The minimum Gasteiger partial charge on any atom is -0.393 e. The van der Waals surface area contributed by atoms with Crippen molar-refractivity contribution in [3.8, 4) is 0 Å². The first-order valence-electron chi connectivity index (χ1n) is 29.3. The molecule has 0 heterocycles. The van der Waals surface area contributed by atoms with Crippen molar-refractivity contribution in [2.45, 2.75) is 256 Å². The number of fused-ring (bicyclic) bond motifs is 10. The lowest BCUT2D eigenvalue weighted by molar-refractivity contribution is -0.129. The summed E-state index contributed by atoms with van der Waals surface area (Å²) in [5.41, 5.74) is 3.64. The van der Waals surface area contributed by atoms with Crippen LogP contribution in [0.2, 0.25) is 0 Å². The molecule has 0 aromatic heterocycles. The van der Waals surface area contributed by atoms with Crippen LogP contribution in [0.4, 0.5) is 0 Å². The summed E-state index contributed by atoms with van der Waals surface area (Å²) in [6.45, 7) is 30.1. The van der Waals surface area contributed by atoms with Gasteiger partial charge < -0.3 is 10.2 Å². The molecule has 2 heteroatoms. The predicted octanol–water partition coefficient (Wildman–Crippen LogP) is 17.5. The standard InChI is InChI=1S/C31H56O.C31H52O/c2*1-7-22(8-2)23(9-3)11-10-21(4)27-14-15-28-26-13-12-24-20-25(32)16-18-30(24,5)29(26)17-19-31(27,28)6/h21-29,32H,7-20H2,1-6H3;10-12,21-23,25-29,32H,7-9,13-20H2,1-6H3/b;11-10+/t21-,23?,24?,25+,26+,27-,28+,29+,30+,31-;21-,23?,25+,26+,27-,28+,29+,30+,31-/m11/s1. The average molecular weight is 886 g/mol. The van der Waals surface area contributed by atoms with E-state index in [1.54, 1.807) is 5.57 Å². The molecule has 0 radical (unpaired) electrons. The Hall–Kier alpha value is -0.600. The lowest BCUT2D eigenvalue weighted by Crippen LogP contribution is -2.54. The Balaban J connectivity index is 0.000000191. The molecular formula is C62H108O2. The molecule has 64 heavy (non-hydrogen) atoms. The highest BCUT2D eigenvalue weighted by atomic mass is 16.3. The molecule has 0 spiro atoms. The largest absolute Gasteiger partial charge is 0.393 e. The molecule has 368 valence electrons. The van der Waals surface area contributed by atoms with Gasteiger partial charge in [0.1, 0.15) is 0 Å². The summed E-state index contributed by atoms with van der Waals surface area (Å²) in [5.74, 6) is 13.3. The van der Waals surface area contributed by atoms with Crippen LogP contribution in [0.15, 0.2) is 23.8 Å². The van der Waals surface area contributed by atoms with E-state index in [0.29, 0.717) is 27.6 Å². The van der Waals surface area contributed by atoms with E-state index in [1.165, 1.54) is 135 Å². The Kier molecular flexibility index (Phi) is 17.0. The second-order valence-electron chi connectivity index (χ2n) is 26.4. The fraction of sp³-hybridized carbons (Fsp3) is 0.935. The maximum Gasteiger partial charge on any atom is 0.0577 e. The third kappa shape index (κ3) is 9.52. The van der Waals surface area contributed by atoms with E-state index in [9.17, 15) is 10.2 Å². The van der Waals surface area contributed by atoms with Crippen molar-refractivity contribution in [1.29, 1.82) is 0 Å². The zero-order valence-corrected chi connectivity index (χ0v) is 44.6. The molecule has 3 unspecified atom stereocenters. The van der Waals surface area contributed by atoms with Gasteiger partial charge in [-0.05, 0) is 232 Å². The number of hydrogen-bond donors (Lipinski definition) is 2. The lowest BCUT2D eigenvalue weighted by Gasteiger charge is -2.61. The molecule has 8 aliphatic carbocycles. The first-order valence-corrected chi connectivity index (χ1v) is 29.3. The van der Waals surface area contributed by atoms with Crippen LogP contribution < -0.4 is 0 Å². The quantitative estimate of drug-likeness (QED) is 0.161. The van der Waals surface area contributed by atoms with Crippen LogP contribution >= 0.6 is 0 Å². The van der Waals surface area contributed by atoms with E-state index >= 15 is 0 Å². The average Bonchev–Trinajstić information content (AvgIpc) is 3.84. The van der Waals surface area contributed by atoms with Crippen LogP contribution in [0.25, 0.3) is 0 Å². The fourth-order valence-corrected chi connectivity index (χ4v) is 20.1. The first-order chi connectivity index (χ1) is 30.6. The number of aliphatic hydroxyl groups excluding tert-OH is 2. The third-order valence-electron chi connectivity index (χ3n) is 24.2. The molecule has 0 bridgehead atoms. The Morgan fingerprint density at radius 3 is 1.78 bits per heavy atom. The van der Waals surface area contributed by atoms with Crippen molar-refractivity contribution in [2.75, 3.05) is 0 Å². The summed E-state index contributed by atoms with van der Waals surface area (Å²) in [5, 5.41) is 20.6. The molecule has 0 aromatic carbocycles. The Labute approximate surface area is 398 Å². The maximum atomic E-state index is 10.3. The van der Waals surface area contributed by atoms with Gasteiger partial charge >= 0.3 is 0 Å². The molecule has 0 aromatic rings. The summed E-state index contributed by atoms with van der Waals surface area (Å²) < 4.78 is 0. The third-order valence-corrected chi connectivity index (χ3v) is 24.2. The van der Waals surface area contributed by atoms with E-state index in [2.05, 4.69) is 101 Å². The fourth-order valence-electron chi connectivity index (χ4n) is 20.1. The van der Waals surface area contributed by atoms with Crippen LogP contribution in [0.5, 0.6) is 0 Å². The van der Waals surface area contributed by atoms with Gasteiger partial charge in [-0.3, -0.25) is 0 Å². The van der Waals surface area contributed by atoms with Crippen LogP contribution in [0.1, 0.15) is 244 Å². The van der Waals surface area contributed by atoms with Gasteiger partial charge in [0.25, 0.3) is 0 Å². The molecular weight excluding hydrogens is 777 g/mol. The molecule has 0 aliphatic heterocycles. The molecule has 8 rings (SSSR count). The Morgan fingerprint density at radius 2 is 1.12 bits per heavy atom. The predicted molar refractivity (Wildman–Crippen MR) is 275 cm³/mol. The summed E-state index contributed by atoms with van der Waals surface area (Å²) in [4.78, 5) is 0. The van der Waals surface area contributed by atoms with Crippen molar-refractivity contribution in [3.05, 3.63) is 23.8 Å². The minimum atomic E-state index is -0.0878. The zero-order chi connectivity index (χ0) is 46.2. The van der Waals surface area contributed by atoms with Gasteiger partial charge in [-0.25, -0.2) is 0 Å². The molecule has 8 aliphatic rings. The number of hydrogen-bond acceptors (Lipinski definition) is 2. The highest BCUT2D eigenvalue weighted by molar-refractivity contribution is 5.25. The first kappa shape index (κ1) is 51.3. The monoisotopic (exact) mass is 885 g/mol. The topological polar surface area (TPSA) is 40.5 Å². The van der Waals surface area contributed by atoms with Crippen molar-refractivity contribution in [3.63, 3.8) is 0 Å². The van der Waals surface area contributed by atoms with Crippen LogP contribution in [-0.2, 0) is 0 Å². The van der Waals surface area contributed by atoms with Gasteiger partial charge in [-0.2, -0.15) is 0 Å². The molecule has 2 N–H and O–H groups in total. The minimum absolute atomic E-state index is 0.0119. The van der Waals surface area contributed by atoms with E-state index in [-0.39, 0.29) is 12.2 Å². The second-order valence-corrected chi connectivity index (χ2v) is 26.4. The van der Waals surface area contributed by atoms with Gasteiger partial charge in [0.2, 0.25) is 0 Å². The second kappa shape index (κ2) is 21.2. The van der Waals surface area contributed by atoms with E-state index in [0.717, 1.165) is 109 Å². The van der Waals surface area contributed by atoms with Gasteiger partial charge in [-0.15, -0.1) is 0 Å². The highest BCUT2D eigenvalue weighted by Gasteiger charge is 2.61. The summed E-state index contributed by atoms with van der Waals surface area (Å²) in [6.07, 6.45) is 41.2. The van der Waals surface area contributed by atoms with E-state index in [1.807, 2.05) is 0 Å². The number of rotatable bonds is 15. The van der Waals surface area contributed by atoms with Crippen molar-refractivity contribution < 1.29 is 10.2 Å². The van der Waals surface area contributed by atoms with Gasteiger partial charge in [0, 0.05) is 0 Å². The molecule has 7 fully saturated rings. The normalized spacial score (nSPS) is 44.6. The highest BCUT2D eigenvalue weighted by Crippen LogP contribution is 2.70. The van der Waals surface area contributed by atoms with Crippen LogP contribution in [0.3, 0.4) is 0 Å². The smallest absolute Gasteiger partial charge is 0.0577 e. The maximum absolute atomic E-state index is 10.3. The van der Waals surface area contributed by atoms with Gasteiger partial charge in [-0.1, -0.05) is 145 Å². The van der Waals surface area contributed by atoms with E-state index < -0.39 is 0 Å². The zero-order valence-electron chi connectivity index (χ0n) is 44.6. The number of aliphatic hydroxyl groups is 2. The van der Waals surface area contributed by atoms with Gasteiger partial charge in [0.15, 0.2) is 0 Å². The lowest BCUT2D eigenvalue weighted by atomic mass is 9.44. The van der Waals surface area contributed by atoms with Crippen LogP contribution in [-0.4, -0.2) is 22.4 Å². The SMILES string of the molecule is CCC(/C=C/[C@@H](C)[C@H]1CC[C@H]2[C@@H]3CC=C4C[C@@H](O)CC[C@]4(C)[C@H]3CC[C@]12C)C(CC)CC.CCC(CC)C(CC)CC[C@@H](C)[C@H]1CC[C@H]2[C@@H]3CCC4C[C@@H](O)CC[C@]4(C)[C@H]3CC[C@]12C. The van der Waals surface area contributed by atoms with Crippen molar-refractivity contribution in [2.24, 2.45) is 110 Å². The summed E-state index contributed by atoms with van der Waals surface area (Å²) in [6, 6.07) is 0. The molecule has 0 amide bonds. The molecule has 0 saturated heterocycles. The van der Waals surface area contributed by atoms with Crippen LogP contribution in [0, 0.1) is 110 Å². The molecule has 2 nitrogen and oxygen atoms in total. The Morgan fingerprint density at radius 1 is 0.547 bits per heavy atom. The van der Waals surface area contributed by atoms with Crippen molar-refractivity contribution >= 4 is 0 Å². The number of allylic oxidation sites excluding steroid dienone is 3. The van der Waals surface area contributed by atoms with E-state index in [4.69, 9.17) is 0 Å².